The van der Waals surface area contributed by atoms with Crippen LogP contribution in [-0.4, -0.2) is 5.11 Å². The average molecular weight is 178 g/mol. The van der Waals surface area contributed by atoms with Crippen molar-refractivity contribution in [2.75, 3.05) is 5.73 Å². The number of anilines is 1. The highest BCUT2D eigenvalue weighted by Gasteiger charge is 2.34. The van der Waals surface area contributed by atoms with E-state index in [1.165, 1.54) is 6.42 Å². The lowest BCUT2D eigenvalue weighted by Crippen LogP contribution is -2.43. The highest BCUT2D eigenvalue weighted by Crippen LogP contribution is 2.40. The zero-order chi connectivity index (χ0) is 9.47. The minimum atomic E-state index is -0.193. The van der Waals surface area contributed by atoms with Crippen molar-refractivity contribution in [2.24, 2.45) is 5.73 Å². The van der Waals surface area contributed by atoms with E-state index >= 15 is 0 Å². The van der Waals surface area contributed by atoms with Gasteiger partial charge in [-0.2, -0.15) is 0 Å². The standard InChI is InChI=1S/C10H14N2O/c11-8-6-7(2-3-9(8)13)10(12)4-1-5-10/h2-3,6,13H,1,4-5,11-12H2. The van der Waals surface area contributed by atoms with Crippen LogP contribution in [0.2, 0.25) is 0 Å². The topological polar surface area (TPSA) is 72.3 Å². The molecular formula is C10H14N2O. The number of nitrogens with two attached hydrogens (primary N) is 2. The number of benzene rings is 1. The summed E-state index contributed by atoms with van der Waals surface area (Å²) in [5.74, 6) is 0.131. The third-order valence-electron chi connectivity index (χ3n) is 2.85. The molecule has 1 aliphatic rings. The molecule has 1 saturated carbocycles. The van der Waals surface area contributed by atoms with Gasteiger partial charge in [0.15, 0.2) is 0 Å². The van der Waals surface area contributed by atoms with Crippen LogP contribution in [0, 0.1) is 0 Å². The van der Waals surface area contributed by atoms with Gasteiger partial charge in [-0.05, 0) is 37.0 Å². The number of aromatic hydroxyl groups is 1. The van der Waals surface area contributed by atoms with Gasteiger partial charge >= 0.3 is 0 Å². The Morgan fingerprint density at radius 3 is 2.46 bits per heavy atom. The monoisotopic (exact) mass is 178 g/mol. The first-order valence-corrected chi connectivity index (χ1v) is 4.50. The molecule has 3 nitrogen and oxygen atoms in total. The Labute approximate surface area is 77.4 Å². The second kappa shape index (κ2) is 2.64. The maximum atomic E-state index is 9.23. The van der Waals surface area contributed by atoms with Gasteiger partial charge in [0.05, 0.1) is 5.69 Å². The zero-order valence-electron chi connectivity index (χ0n) is 7.46. The van der Waals surface area contributed by atoms with E-state index in [4.69, 9.17) is 11.5 Å². The van der Waals surface area contributed by atoms with Gasteiger partial charge < -0.3 is 16.6 Å². The smallest absolute Gasteiger partial charge is 0.138 e. The number of rotatable bonds is 1. The van der Waals surface area contributed by atoms with Crippen LogP contribution in [0.15, 0.2) is 18.2 Å². The summed E-state index contributed by atoms with van der Waals surface area (Å²) in [6, 6.07) is 5.23. The van der Waals surface area contributed by atoms with E-state index in [-0.39, 0.29) is 11.3 Å². The summed E-state index contributed by atoms with van der Waals surface area (Å²) in [5, 5.41) is 9.23. The zero-order valence-corrected chi connectivity index (χ0v) is 7.46. The molecule has 0 heterocycles. The Bertz CT molecular complexity index is 332. The fraction of sp³-hybridized carbons (Fsp3) is 0.400. The molecule has 0 radical (unpaired) electrons. The van der Waals surface area contributed by atoms with E-state index in [9.17, 15) is 5.11 Å². The van der Waals surface area contributed by atoms with Crippen molar-refractivity contribution in [3.63, 3.8) is 0 Å². The highest BCUT2D eigenvalue weighted by atomic mass is 16.3. The lowest BCUT2D eigenvalue weighted by atomic mass is 9.73. The third kappa shape index (κ3) is 1.25. The minimum Gasteiger partial charge on any atom is -0.506 e. The molecule has 70 valence electrons. The Balaban J connectivity index is 2.36. The Morgan fingerprint density at radius 2 is 2.00 bits per heavy atom. The van der Waals surface area contributed by atoms with Gasteiger partial charge in [-0.25, -0.2) is 0 Å². The van der Waals surface area contributed by atoms with Crippen LogP contribution in [0.25, 0.3) is 0 Å². The van der Waals surface area contributed by atoms with Gasteiger partial charge in [-0.1, -0.05) is 6.07 Å². The predicted octanol–water partition coefficient (Wildman–Crippen LogP) is 1.31. The SMILES string of the molecule is Nc1cc(C2(N)CCC2)ccc1O. The fourth-order valence-corrected chi connectivity index (χ4v) is 1.71. The molecule has 0 bridgehead atoms. The molecule has 1 aliphatic carbocycles. The Kier molecular flexibility index (Phi) is 1.70. The first-order chi connectivity index (χ1) is 6.12. The number of phenolic OH excluding ortho intramolecular Hbond substituents is 1. The number of phenols is 1. The molecule has 2 rings (SSSR count). The van der Waals surface area contributed by atoms with Gasteiger partial charge in [0.1, 0.15) is 5.75 Å². The number of nitrogen functional groups attached to an aromatic ring is 1. The molecule has 13 heavy (non-hydrogen) atoms. The van der Waals surface area contributed by atoms with Crippen LogP contribution in [0.4, 0.5) is 5.69 Å². The van der Waals surface area contributed by atoms with Gasteiger partial charge in [0, 0.05) is 5.54 Å². The lowest BCUT2D eigenvalue weighted by Gasteiger charge is -2.38. The van der Waals surface area contributed by atoms with Gasteiger partial charge in [-0.3, -0.25) is 0 Å². The summed E-state index contributed by atoms with van der Waals surface area (Å²) < 4.78 is 0. The van der Waals surface area contributed by atoms with E-state index < -0.39 is 0 Å². The quantitative estimate of drug-likeness (QED) is 0.448. The summed E-state index contributed by atoms with van der Waals surface area (Å²) >= 11 is 0. The molecule has 0 aliphatic heterocycles. The predicted molar refractivity (Wildman–Crippen MR) is 52.2 cm³/mol. The molecule has 1 fully saturated rings. The number of hydrogen-bond acceptors (Lipinski definition) is 3. The van der Waals surface area contributed by atoms with E-state index in [0.29, 0.717) is 5.69 Å². The van der Waals surface area contributed by atoms with Crippen LogP contribution >= 0.6 is 0 Å². The lowest BCUT2D eigenvalue weighted by molar-refractivity contribution is 0.253. The largest absolute Gasteiger partial charge is 0.506 e. The van der Waals surface area contributed by atoms with Gasteiger partial charge in [-0.15, -0.1) is 0 Å². The molecular weight excluding hydrogens is 164 g/mol. The van der Waals surface area contributed by atoms with Crippen LogP contribution < -0.4 is 11.5 Å². The first kappa shape index (κ1) is 8.38. The fourth-order valence-electron chi connectivity index (χ4n) is 1.71. The van der Waals surface area contributed by atoms with E-state index in [2.05, 4.69) is 0 Å². The molecule has 0 unspecified atom stereocenters. The van der Waals surface area contributed by atoms with Gasteiger partial charge in [0.25, 0.3) is 0 Å². The van der Waals surface area contributed by atoms with Crippen LogP contribution in [0.5, 0.6) is 5.75 Å². The molecule has 0 amide bonds. The van der Waals surface area contributed by atoms with Crippen LogP contribution in [-0.2, 0) is 5.54 Å². The van der Waals surface area contributed by atoms with Crippen molar-refractivity contribution in [3.8, 4) is 5.75 Å². The van der Waals surface area contributed by atoms with Crippen LogP contribution in [0.3, 0.4) is 0 Å². The van der Waals surface area contributed by atoms with Gasteiger partial charge in [0.2, 0.25) is 0 Å². The molecule has 5 N–H and O–H groups in total. The molecule has 0 saturated heterocycles. The average Bonchev–Trinajstić information content (AvgIpc) is 2.06. The third-order valence-corrected chi connectivity index (χ3v) is 2.85. The molecule has 0 spiro atoms. The molecule has 3 heteroatoms. The van der Waals surface area contributed by atoms with E-state index in [0.717, 1.165) is 18.4 Å². The Hall–Kier alpha value is -1.22. The second-order valence-electron chi connectivity index (χ2n) is 3.78. The summed E-state index contributed by atoms with van der Waals surface area (Å²) in [6.45, 7) is 0. The second-order valence-corrected chi connectivity index (χ2v) is 3.78. The maximum Gasteiger partial charge on any atom is 0.138 e. The minimum absolute atomic E-state index is 0.131. The van der Waals surface area contributed by atoms with E-state index in [1.54, 1.807) is 12.1 Å². The number of hydrogen-bond donors (Lipinski definition) is 3. The van der Waals surface area contributed by atoms with Crippen LogP contribution in [0.1, 0.15) is 24.8 Å². The highest BCUT2D eigenvalue weighted by molar-refractivity contribution is 5.54. The van der Waals surface area contributed by atoms with Crippen molar-refractivity contribution in [1.82, 2.24) is 0 Å². The molecule has 1 aromatic carbocycles. The normalized spacial score (nSPS) is 19.5. The summed E-state index contributed by atoms with van der Waals surface area (Å²) in [5.41, 5.74) is 13.0. The Morgan fingerprint density at radius 1 is 1.31 bits per heavy atom. The summed E-state index contributed by atoms with van der Waals surface area (Å²) in [7, 11) is 0. The maximum absolute atomic E-state index is 9.23. The van der Waals surface area contributed by atoms with Crippen molar-refractivity contribution >= 4 is 5.69 Å². The van der Waals surface area contributed by atoms with Crippen molar-refractivity contribution in [3.05, 3.63) is 23.8 Å². The summed E-state index contributed by atoms with van der Waals surface area (Å²) in [6.07, 6.45) is 3.20. The van der Waals surface area contributed by atoms with Crippen molar-refractivity contribution < 1.29 is 5.11 Å². The first-order valence-electron chi connectivity index (χ1n) is 4.50. The van der Waals surface area contributed by atoms with Crippen molar-refractivity contribution in [2.45, 2.75) is 24.8 Å². The summed E-state index contributed by atoms with van der Waals surface area (Å²) in [4.78, 5) is 0. The van der Waals surface area contributed by atoms with E-state index in [1.807, 2.05) is 6.07 Å². The molecule has 0 aromatic heterocycles. The van der Waals surface area contributed by atoms with Crippen molar-refractivity contribution in [1.29, 1.82) is 0 Å². The molecule has 0 atom stereocenters. The molecule has 1 aromatic rings.